The second-order valence-corrected chi connectivity index (χ2v) is 10.6. The normalized spacial score (nSPS) is 22.6. The zero-order valence-electron chi connectivity index (χ0n) is 19.4. The van der Waals surface area contributed by atoms with Gasteiger partial charge >= 0.3 is 6.18 Å². The number of sulfonamides is 1. The number of nitrogens with one attached hydrogen (secondary N) is 1. The summed E-state index contributed by atoms with van der Waals surface area (Å²) < 4.78 is 89.8. The molecular formula is C24H23F4N5O3S. The standard InChI is InChI=1S/C24H23F4N5O3S/c25-17-12-16-19(33-9-5-15(24(26,27)28)11-20(33)18-3-1-2-7-30-18)6-10-36-21(16)13-22(17)37(34,35)32-23-4-8-29-14-31-23/h1-4,7-8,12-15,19-20H,5-6,9-11H2,(H,29,31,32)/t15?,19-,20-/m0/s1. The summed E-state index contributed by atoms with van der Waals surface area (Å²) in [5, 5.41) is 0. The number of alkyl halides is 3. The Morgan fingerprint density at radius 3 is 2.59 bits per heavy atom. The lowest BCUT2D eigenvalue weighted by molar-refractivity contribution is -0.192. The minimum Gasteiger partial charge on any atom is -0.493 e. The number of hydrogen-bond donors (Lipinski definition) is 1. The average molecular weight is 538 g/mol. The van der Waals surface area contributed by atoms with E-state index in [1.54, 1.807) is 18.2 Å². The third kappa shape index (κ3) is 5.23. The van der Waals surface area contributed by atoms with Crippen molar-refractivity contribution in [3.63, 3.8) is 0 Å². The summed E-state index contributed by atoms with van der Waals surface area (Å²) in [6.45, 7) is 0.308. The summed E-state index contributed by atoms with van der Waals surface area (Å²) in [7, 11) is -4.34. The van der Waals surface area contributed by atoms with Gasteiger partial charge in [0.15, 0.2) is 0 Å². The van der Waals surface area contributed by atoms with Gasteiger partial charge in [0.05, 0.1) is 24.3 Å². The minimum absolute atomic E-state index is 0.0309. The third-order valence-corrected chi connectivity index (χ3v) is 8.09. The molecule has 2 aliphatic rings. The molecule has 4 heterocycles. The van der Waals surface area contributed by atoms with Crippen LogP contribution in [0, 0.1) is 11.7 Å². The van der Waals surface area contributed by atoms with Gasteiger partial charge in [0.25, 0.3) is 10.0 Å². The highest BCUT2D eigenvalue weighted by molar-refractivity contribution is 7.92. The van der Waals surface area contributed by atoms with Crippen LogP contribution in [-0.2, 0) is 10.0 Å². The van der Waals surface area contributed by atoms with Crippen molar-refractivity contribution < 1.29 is 30.7 Å². The number of ether oxygens (including phenoxy) is 1. The highest BCUT2D eigenvalue weighted by atomic mass is 32.2. The molecule has 0 bridgehead atoms. The molecule has 196 valence electrons. The monoisotopic (exact) mass is 537 g/mol. The predicted octanol–water partition coefficient (Wildman–Crippen LogP) is 4.65. The molecule has 1 fully saturated rings. The fourth-order valence-corrected chi connectivity index (χ4v) is 6.07. The first-order valence-corrected chi connectivity index (χ1v) is 13.1. The Hall–Kier alpha value is -3.32. The molecular weight excluding hydrogens is 514 g/mol. The largest absolute Gasteiger partial charge is 0.493 e. The maximum Gasteiger partial charge on any atom is 0.391 e. The Balaban J connectivity index is 1.49. The predicted molar refractivity (Wildman–Crippen MR) is 125 cm³/mol. The summed E-state index contributed by atoms with van der Waals surface area (Å²) in [4.78, 5) is 13.1. The minimum atomic E-state index is -4.34. The van der Waals surface area contributed by atoms with Crippen molar-refractivity contribution in [2.45, 2.75) is 42.4 Å². The van der Waals surface area contributed by atoms with Crippen LogP contribution in [0.4, 0.5) is 23.4 Å². The van der Waals surface area contributed by atoms with Crippen molar-refractivity contribution >= 4 is 15.8 Å². The van der Waals surface area contributed by atoms with E-state index in [-0.39, 0.29) is 37.6 Å². The van der Waals surface area contributed by atoms with Crippen molar-refractivity contribution in [1.29, 1.82) is 0 Å². The SMILES string of the molecule is O=S(=O)(Nc1ccncn1)c1cc2c(cc1F)[C@@H](N1CCC(C(F)(F)F)C[C@H]1c1ccccn1)CCO2. The van der Waals surface area contributed by atoms with E-state index in [4.69, 9.17) is 4.74 Å². The van der Waals surface area contributed by atoms with Gasteiger partial charge in [0, 0.05) is 43.0 Å². The quantitative estimate of drug-likeness (QED) is 0.473. The Bertz CT molecular complexity index is 1360. The molecule has 0 saturated carbocycles. The Morgan fingerprint density at radius 1 is 1.05 bits per heavy atom. The molecule has 13 heteroatoms. The Morgan fingerprint density at radius 2 is 1.89 bits per heavy atom. The van der Waals surface area contributed by atoms with E-state index in [0.717, 1.165) is 18.5 Å². The lowest BCUT2D eigenvalue weighted by atomic mass is 9.85. The molecule has 5 rings (SSSR count). The number of benzene rings is 1. The van der Waals surface area contributed by atoms with Gasteiger partial charge in [-0.2, -0.15) is 13.2 Å². The number of halogens is 4. The molecule has 1 saturated heterocycles. The van der Waals surface area contributed by atoms with Gasteiger partial charge < -0.3 is 4.74 Å². The van der Waals surface area contributed by atoms with Crippen LogP contribution in [-0.4, -0.2) is 47.6 Å². The molecule has 8 nitrogen and oxygen atoms in total. The van der Waals surface area contributed by atoms with Crippen LogP contribution in [0.1, 0.15) is 42.6 Å². The first-order chi connectivity index (χ1) is 17.6. The molecule has 1 N–H and O–H groups in total. The summed E-state index contributed by atoms with van der Waals surface area (Å²) in [5.74, 6) is -2.35. The van der Waals surface area contributed by atoms with Crippen LogP contribution in [0.3, 0.4) is 0 Å². The third-order valence-electron chi connectivity index (χ3n) is 6.72. The first-order valence-electron chi connectivity index (χ1n) is 11.6. The van der Waals surface area contributed by atoms with Gasteiger partial charge in [-0.15, -0.1) is 0 Å². The Labute approximate surface area is 210 Å². The number of fused-ring (bicyclic) bond motifs is 1. The zero-order valence-corrected chi connectivity index (χ0v) is 20.2. The van der Waals surface area contributed by atoms with E-state index in [1.807, 2.05) is 4.90 Å². The molecule has 0 spiro atoms. The number of rotatable bonds is 5. The van der Waals surface area contributed by atoms with Crippen molar-refractivity contribution in [3.8, 4) is 5.75 Å². The van der Waals surface area contributed by atoms with Gasteiger partial charge in [-0.25, -0.2) is 22.8 Å². The van der Waals surface area contributed by atoms with Crippen molar-refractivity contribution in [2.75, 3.05) is 17.9 Å². The van der Waals surface area contributed by atoms with Gasteiger partial charge in [0.2, 0.25) is 0 Å². The van der Waals surface area contributed by atoms with Gasteiger partial charge in [-0.3, -0.25) is 14.6 Å². The van der Waals surface area contributed by atoms with E-state index >= 15 is 4.39 Å². The molecule has 1 aromatic carbocycles. The second kappa shape index (κ2) is 9.86. The van der Waals surface area contributed by atoms with E-state index in [9.17, 15) is 21.6 Å². The molecule has 1 unspecified atom stereocenters. The van der Waals surface area contributed by atoms with Crippen molar-refractivity contribution in [3.05, 3.63) is 72.2 Å². The second-order valence-electron chi connectivity index (χ2n) is 8.94. The summed E-state index contributed by atoms with van der Waals surface area (Å²) in [6, 6.07) is 7.49. The maximum absolute atomic E-state index is 15.3. The molecule has 0 amide bonds. The number of anilines is 1. The molecule has 2 aromatic heterocycles. The average Bonchev–Trinajstić information content (AvgIpc) is 2.88. The van der Waals surface area contributed by atoms with Crippen LogP contribution >= 0.6 is 0 Å². The van der Waals surface area contributed by atoms with Crippen molar-refractivity contribution in [2.24, 2.45) is 5.92 Å². The number of aromatic nitrogens is 3. The van der Waals surface area contributed by atoms with E-state index in [2.05, 4.69) is 19.7 Å². The number of piperidine rings is 1. The van der Waals surface area contributed by atoms with Gasteiger partial charge in [-0.05, 0) is 37.1 Å². The highest BCUT2D eigenvalue weighted by Crippen LogP contribution is 2.48. The topological polar surface area (TPSA) is 97.3 Å². The van der Waals surface area contributed by atoms with E-state index in [1.165, 1.54) is 18.5 Å². The number of likely N-dealkylation sites (tertiary alicyclic amines) is 1. The molecule has 2 aliphatic heterocycles. The van der Waals surface area contributed by atoms with Crippen LogP contribution in [0.2, 0.25) is 0 Å². The van der Waals surface area contributed by atoms with Gasteiger partial charge in [0.1, 0.15) is 28.6 Å². The molecule has 37 heavy (non-hydrogen) atoms. The molecule has 0 radical (unpaired) electrons. The van der Waals surface area contributed by atoms with Crippen molar-refractivity contribution in [1.82, 2.24) is 19.9 Å². The summed E-state index contributed by atoms with van der Waals surface area (Å²) in [6.07, 6.45) is -0.195. The number of hydrogen-bond acceptors (Lipinski definition) is 7. The lowest BCUT2D eigenvalue weighted by Gasteiger charge is -2.45. The van der Waals surface area contributed by atoms with Crippen LogP contribution in [0.15, 0.2) is 60.0 Å². The molecule has 0 aliphatic carbocycles. The number of nitrogens with zero attached hydrogens (tertiary/aromatic N) is 4. The lowest BCUT2D eigenvalue weighted by Crippen LogP contribution is -2.44. The fraction of sp³-hybridized carbons (Fsp3) is 0.375. The van der Waals surface area contributed by atoms with E-state index < -0.39 is 44.9 Å². The van der Waals surface area contributed by atoms with Crippen LogP contribution < -0.4 is 9.46 Å². The van der Waals surface area contributed by atoms with Crippen LogP contribution in [0.5, 0.6) is 5.75 Å². The van der Waals surface area contributed by atoms with Crippen LogP contribution in [0.25, 0.3) is 0 Å². The zero-order chi connectivity index (χ0) is 26.2. The molecule has 3 atom stereocenters. The molecule has 3 aromatic rings. The highest BCUT2D eigenvalue weighted by Gasteiger charge is 2.47. The maximum atomic E-state index is 15.3. The van der Waals surface area contributed by atoms with E-state index in [0.29, 0.717) is 17.7 Å². The summed E-state index contributed by atoms with van der Waals surface area (Å²) >= 11 is 0. The first kappa shape index (κ1) is 25.3. The Kier molecular flexibility index (Phi) is 6.75. The number of pyridine rings is 1. The fourth-order valence-electron chi connectivity index (χ4n) is 4.98. The van der Waals surface area contributed by atoms with Gasteiger partial charge in [-0.1, -0.05) is 6.07 Å². The summed E-state index contributed by atoms with van der Waals surface area (Å²) in [5.41, 5.74) is 0.884. The smallest absolute Gasteiger partial charge is 0.391 e.